The Bertz CT molecular complexity index is 1140. The normalized spacial score (nSPS) is 12.3. The number of halogens is 3. The van der Waals surface area contributed by atoms with Crippen LogP contribution in [0.25, 0.3) is 10.6 Å². The highest BCUT2D eigenvalue weighted by molar-refractivity contribution is 7.15. The van der Waals surface area contributed by atoms with Gasteiger partial charge in [-0.15, -0.1) is 11.3 Å². The Labute approximate surface area is 214 Å². The van der Waals surface area contributed by atoms with E-state index in [1.807, 2.05) is 13.8 Å². The first-order valence-electron chi connectivity index (χ1n) is 11.9. The predicted molar refractivity (Wildman–Crippen MR) is 138 cm³/mol. The summed E-state index contributed by atoms with van der Waals surface area (Å²) >= 11 is 1.41. The Kier molecular flexibility index (Phi) is 10.7. The molecule has 8 heteroatoms. The minimum absolute atomic E-state index is 0.0179. The fraction of sp³-hybridized carbons (Fsp3) is 0.429. The number of nitrogens with zero attached hydrogens (tertiary/aromatic N) is 1. The number of rotatable bonds is 8. The summed E-state index contributed by atoms with van der Waals surface area (Å²) < 4.78 is 37.5. The number of aliphatic hydroxyl groups is 1. The second-order valence-electron chi connectivity index (χ2n) is 9.38. The van der Waals surface area contributed by atoms with Crippen LogP contribution in [0, 0.1) is 19.8 Å². The number of thiazole rings is 1. The van der Waals surface area contributed by atoms with Gasteiger partial charge in [-0.05, 0) is 61.4 Å². The summed E-state index contributed by atoms with van der Waals surface area (Å²) in [5, 5.41) is 18.5. The van der Waals surface area contributed by atoms with Gasteiger partial charge in [-0.2, -0.15) is 13.2 Å². The van der Waals surface area contributed by atoms with E-state index in [1.165, 1.54) is 34.6 Å². The first kappa shape index (κ1) is 29.5. The van der Waals surface area contributed by atoms with Crippen LogP contribution in [0.3, 0.4) is 0 Å². The molecule has 0 radical (unpaired) electrons. The molecule has 3 aromatic rings. The van der Waals surface area contributed by atoms with Crippen LogP contribution in [0.1, 0.15) is 65.9 Å². The van der Waals surface area contributed by atoms with Crippen molar-refractivity contribution in [2.75, 3.05) is 6.61 Å². The first-order chi connectivity index (χ1) is 16.8. The number of carboxylic acids is 1. The van der Waals surface area contributed by atoms with E-state index in [-0.39, 0.29) is 18.9 Å². The lowest BCUT2D eigenvalue weighted by Crippen LogP contribution is -2.03. The van der Waals surface area contributed by atoms with Gasteiger partial charge in [0.1, 0.15) is 5.01 Å². The van der Waals surface area contributed by atoms with Gasteiger partial charge in [-0.3, -0.25) is 4.79 Å². The fourth-order valence-corrected chi connectivity index (χ4v) is 4.87. The van der Waals surface area contributed by atoms with Crippen LogP contribution < -0.4 is 0 Å². The highest BCUT2D eigenvalue weighted by Crippen LogP contribution is 2.35. The van der Waals surface area contributed by atoms with E-state index in [4.69, 9.17) is 5.11 Å². The molecule has 0 aliphatic carbocycles. The molecule has 1 aromatic heterocycles. The van der Waals surface area contributed by atoms with Crippen molar-refractivity contribution >= 4 is 17.3 Å². The molecule has 0 saturated carbocycles. The van der Waals surface area contributed by atoms with Crippen LogP contribution in [0.5, 0.6) is 0 Å². The quantitative estimate of drug-likeness (QED) is 0.323. The molecule has 1 heterocycles. The lowest BCUT2D eigenvalue weighted by atomic mass is 9.97. The minimum Gasteiger partial charge on any atom is -0.481 e. The van der Waals surface area contributed by atoms with E-state index in [2.05, 4.69) is 44.0 Å². The molecule has 0 spiro atoms. The largest absolute Gasteiger partial charge is 0.481 e. The molecular weight excluding hydrogens is 487 g/mol. The molecule has 0 fully saturated rings. The van der Waals surface area contributed by atoms with Crippen LogP contribution in [0.2, 0.25) is 0 Å². The average molecular weight is 522 g/mol. The zero-order valence-corrected chi connectivity index (χ0v) is 22.1. The third-order valence-corrected chi connectivity index (χ3v) is 7.11. The van der Waals surface area contributed by atoms with Gasteiger partial charge in [0.15, 0.2) is 0 Å². The van der Waals surface area contributed by atoms with Gasteiger partial charge in [0, 0.05) is 22.8 Å². The highest BCUT2D eigenvalue weighted by Gasteiger charge is 2.30. The van der Waals surface area contributed by atoms with Gasteiger partial charge < -0.3 is 10.2 Å². The zero-order valence-electron chi connectivity index (χ0n) is 21.3. The van der Waals surface area contributed by atoms with Gasteiger partial charge in [0.25, 0.3) is 0 Å². The maximum atomic E-state index is 12.5. The number of aryl methyl sites for hydroxylation is 3. The van der Waals surface area contributed by atoms with Crippen LogP contribution in [0.15, 0.2) is 42.5 Å². The fourth-order valence-electron chi connectivity index (χ4n) is 3.75. The van der Waals surface area contributed by atoms with E-state index < -0.39 is 17.7 Å². The lowest BCUT2D eigenvalue weighted by molar-refractivity contribution is -0.138. The van der Waals surface area contributed by atoms with E-state index >= 15 is 0 Å². The minimum atomic E-state index is -4.33. The summed E-state index contributed by atoms with van der Waals surface area (Å²) in [5.41, 5.74) is 4.49. The number of alkyl halides is 3. The van der Waals surface area contributed by atoms with Crippen molar-refractivity contribution in [1.82, 2.24) is 4.98 Å². The van der Waals surface area contributed by atoms with E-state index in [0.29, 0.717) is 22.9 Å². The molecule has 0 bridgehead atoms. The van der Waals surface area contributed by atoms with E-state index in [9.17, 15) is 23.1 Å². The summed E-state index contributed by atoms with van der Waals surface area (Å²) in [7, 11) is 0. The van der Waals surface area contributed by atoms with Crippen molar-refractivity contribution < 1.29 is 28.2 Å². The summed E-state index contributed by atoms with van der Waals surface area (Å²) in [4.78, 5) is 15.8. The maximum absolute atomic E-state index is 12.5. The first-order valence-corrected chi connectivity index (χ1v) is 12.7. The molecule has 0 aliphatic rings. The lowest BCUT2D eigenvalue weighted by Gasteiger charge is -2.09. The SMILES string of the molecule is Cc1cc(CC(C)C)ccc1CCC(=O)O.Cc1nc(-c2ccc(C(F)(F)F)cc2)sc1C(C)CO. The second kappa shape index (κ2) is 13.0. The van der Waals surface area contributed by atoms with E-state index in [1.54, 1.807) is 0 Å². The van der Waals surface area contributed by atoms with Crippen molar-refractivity contribution in [1.29, 1.82) is 0 Å². The van der Waals surface area contributed by atoms with Crippen molar-refractivity contribution in [2.24, 2.45) is 5.92 Å². The molecular formula is C28H34F3NO3S. The third-order valence-electron chi connectivity index (χ3n) is 5.67. The molecule has 1 atom stereocenters. The van der Waals surface area contributed by atoms with Crippen LogP contribution in [-0.2, 0) is 23.8 Å². The number of aromatic nitrogens is 1. The molecule has 36 heavy (non-hydrogen) atoms. The maximum Gasteiger partial charge on any atom is 0.416 e. The van der Waals surface area contributed by atoms with Crippen molar-refractivity contribution in [3.05, 3.63) is 75.3 Å². The van der Waals surface area contributed by atoms with Gasteiger partial charge in [0.2, 0.25) is 0 Å². The second-order valence-corrected chi connectivity index (χ2v) is 10.4. The summed E-state index contributed by atoms with van der Waals surface area (Å²) in [6.07, 6.45) is -2.40. The van der Waals surface area contributed by atoms with Crippen molar-refractivity contribution in [3.8, 4) is 10.6 Å². The Morgan fingerprint density at radius 1 is 1.06 bits per heavy atom. The topological polar surface area (TPSA) is 70.4 Å². The molecule has 1 unspecified atom stereocenters. The summed E-state index contributed by atoms with van der Waals surface area (Å²) in [6.45, 7) is 10.2. The van der Waals surface area contributed by atoms with Gasteiger partial charge >= 0.3 is 12.1 Å². The summed E-state index contributed by atoms with van der Waals surface area (Å²) in [6, 6.07) is 11.3. The average Bonchev–Trinajstić information content (AvgIpc) is 3.19. The number of benzene rings is 2. The number of aliphatic carboxylic acids is 1. The van der Waals surface area contributed by atoms with Crippen molar-refractivity contribution in [3.63, 3.8) is 0 Å². The van der Waals surface area contributed by atoms with Crippen LogP contribution in [-0.4, -0.2) is 27.8 Å². The predicted octanol–water partition coefficient (Wildman–Crippen LogP) is 7.44. The molecule has 2 aromatic carbocycles. The smallest absolute Gasteiger partial charge is 0.416 e. The molecule has 2 N–H and O–H groups in total. The molecule has 0 amide bonds. The highest BCUT2D eigenvalue weighted by atomic mass is 32.1. The van der Waals surface area contributed by atoms with Crippen LogP contribution >= 0.6 is 11.3 Å². The van der Waals surface area contributed by atoms with Gasteiger partial charge in [0.05, 0.1) is 17.9 Å². The van der Waals surface area contributed by atoms with Gasteiger partial charge in [-0.1, -0.05) is 51.1 Å². The Morgan fingerprint density at radius 2 is 1.69 bits per heavy atom. The van der Waals surface area contributed by atoms with Gasteiger partial charge in [-0.25, -0.2) is 4.98 Å². The standard InChI is InChI=1S/C14H14F3NOS.C14H20O2/c1-8(7-19)12-9(2)18-13(20-12)10-3-5-11(6-4-10)14(15,16)17;1-10(2)8-12-4-5-13(11(3)9-12)6-7-14(15)16/h3-6,8,19H,7H2,1-2H3;4-5,9-10H,6-8H2,1-3H3,(H,15,16). The number of hydrogen-bond acceptors (Lipinski definition) is 4. The van der Waals surface area contributed by atoms with E-state index in [0.717, 1.165) is 34.7 Å². The molecule has 4 nitrogen and oxygen atoms in total. The molecule has 0 aliphatic heterocycles. The molecule has 0 saturated heterocycles. The molecule has 196 valence electrons. The Morgan fingerprint density at radius 3 is 2.19 bits per heavy atom. The van der Waals surface area contributed by atoms with Crippen LogP contribution in [0.4, 0.5) is 13.2 Å². The Hall–Kier alpha value is -2.71. The zero-order chi connectivity index (χ0) is 27.0. The number of carboxylic acid groups (broad SMARTS) is 1. The Balaban J connectivity index is 0.000000261. The number of carbonyl (C=O) groups is 1. The summed E-state index contributed by atoms with van der Waals surface area (Å²) in [5.74, 6) is -0.0920. The van der Waals surface area contributed by atoms with Crippen molar-refractivity contribution in [2.45, 2.75) is 66.0 Å². The number of hydrogen-bond donors (Lipinski definition) is 2. The number of aliphatic hydroxyl groups excluding tert-OH is 1. The third kappa shape index (κ3) is 8.75. The molecule has 3 rings (SSSR count). The monoisotopic (exact) mass is 521 g/mol.